The lowest BCUT2D eigenvalue weighted by molar-refractivity contribution is 0.0451. The Hall–Kier alpha value is 0. The third-order valence-corrected chi connectivity index (χ3v) is 5.34. The molecule has 17 heavy (non-hydrogen) atoms. The summed E-state index contributed by atoms with van der Waals surface area (Å²) in [6, 6.07) is 0. The normalized spacial score (nSPS) is 13.4. The number of hydrogen-bond acceptors (Lipinski definition) is 0. The molecule has 0 bridgehead atoms. The monoisotopic (exact) mass is 240 g/mol. The molecule has 0 saturated carbocycles. The van der Waals surface area contributed by atoms with Crippen molar-refractivity contribution in [2.75, 3.05) is 0 Å². The second-order valence-corrected chi connectivity index (χ2v) is 7.28. The van der Waals surface area contributed by atoms with Gasteiger partial charge in [0, 0.05) is 0 Å². The van der Waals surface area contributed by atoms with Gasteiger partial charge in [-0.1, -0.05) is 87.0 Å². The summed E-state index contributed by atoms with van der Waals surface area (Å²) < 4.78 is 0. The molecule has 0 aliphatic carbocycles. The zero-order valence-electron chi connectivity index (χ0n) is 13.5. The quantitative estimate of drug-likeness (QED) is 0.406. The predicted molar refractivity (Wildman–Crippen MR) is 80.4 cm³/mol. The molecule has 0 saturated heterocycles. The van der Waals surface area contributed by atoms with Crippen LogP contribution in [0.3, 0.4) is 0 Å². The molecule has 0 heteroatoms. The van der Waals surface area contributed by atoms with Gasteiger partial charge in [0.05, 0.1) is 0 Å². The van der Waals surface area contributed by atoms with Crippen molar-refractivity contribution in [2.24, 2.45) is 16.7 Å². The minimum Gasteiger partial charge on any atom is -0.0654 e. The van der Waals surface area contributed by atoms with Crippen LogP contribution in [0.15, 0.2) is 0 Å². The van der Waals surface area contributed by atoms with Gasteiger partial charge in [0.2, 0.25) is 0 Å². The number of hydrogen-bond donors (Lipinski definition) is 0. The van der Waals surface area contributed by atoms with E-state index in [4.69, 9.17) is 0 Å². The summed E-state index contributed by atoms with van der Waals surface area (Å²) in [6.45, 7) is 16.8. The second-order valence-electron chi connectivity index (χ2n) is 7.28. The van der Waals surface area contributed by atoms with Gasteiger partial charge < -0.3 is 0 Å². The van der Waals surface area contributed by atoms with Crippen LogP contribution >= 0.6 is 0 Å². The highest BCUT2D eigenvalue weighted by molar-refractivity contribution is 4.88. The minimum absolute atomic E-state index is 0.441. The van der Waals surface area contributed by atoms with Crippen molar-refractivity contribution >= 4 is 0 Å². The summed E-state index contributed by atoms with van der Waals surface area (Å²) in [5.74, 6) is 0.762. The van der Waals surface area contributed by atoms with E-state index in [2.05, 4.69) is 48.5 Å². The molecule has 0 aliphatic heterocycles. The van der Waals surface area contributed by atoms with Gasteiger partial charge in [0.15, 0.2) is 0 Å². The van der Waals surface area contributed by atoms with Crippen LogP contribution in [0.2, 0.25) is 0 Å². The highest BCUT2D eigenvalue weighted by Crippen LogP contribution is 2.47. The smallest absolute Gasteiger partial charge is 0.0280 e. The van der Waals surface area contributed by atoms with Gasteiger partial charge in [-0.25, -0.2) is 0 Å². The average Bonchev–Trinajstić information content (AvgIpc) is 2.22. The summed E-state index contributed by atoms with van der Waals surface area (Å²) >= 11 is 0. The zero-order chi connectivity index (χ0) is 13.5. The first-order chi connectivity index (χ1) is 7.75. The molecule has 0 N–H and O–H groups in total. The Bertz CT molecular complexity index is 186. The van der Waals surface area contributed by atoms with E-state index in [0.29, 0.717) is 10.8 Å². The van der Waals surface area contributed by atoms with E-state index in [0.717, 1.165) is 5.92 Å². The van der Waals surface area contributed by atoms with E-state index in [1.165, 1.54) is 44.9 Å². The number of unbranched alkanes of at least 4 members (excludes halogenated alkanes) is 5. The van der Waals surface area contributed by atoms with Crippen LogP contribution in [-0.4, -0.2) is 0 Å². The Labute approximate surface area is 111 Å². The van der Waals surface area contributed by atoms with Crippen molar-refractivity contribution in [2.45, 2.75) is 93.4 Å². The Kier molecular flexibility index (Phi) is 7.44. The molecule has 0 rings (SSSR count). The first-order valence-corrected chi connectivity index (χ1v) is 7.75. The highest BCUT2D eigenvalue weighted by atomic mass is 14.4. The average molecular weight is 240 g/mol. The summed E-state index contributed by atoms with van der Waals surface area (Å²) in [7, 11) is 0. The lowest BCUT2D eigenvalue weighted by Crippen LogP contribution is -2.36. The highest BCUT2D eigenvalue weighted by Gasteiger charge is 2.38. The lowest BCUT2D eigenvalue weighted by Gasteiger charge is -2.45. The largest absolute Gasteiger partial charge is 0.0654 e. The van der Waals surface area contributed by atoms with Gasteiger partial charge in [-0.3, -0.25) is 0 Å². The van der Waals surface area contributed by atoms with Crippen LogP contribution in [0.1, 0.15) is 93.4 Å². The van der Waals surface area contributed by atoms with Gasteiger partial charge in [-0.05, 0) is 23.2 Å². The van der Waals surface area contributed by atoms with E-state index in [-0.39, 0.29) is 0 Å². The van der Waals surface area contributed by atoms with Gasteiger partial charge in [0.25, 0.3) is 0 Å². The van der Waals surface area contributed by atoms with E-state index in [1.54, 1.807) is 0 Å². The maximum absolute atomic E-state index is 2.46. The first-order valence-electron chi connectivity index (χ1n) is 7.75. The molecule has 0 aromatic carbocycles. The van der Waals surface area contributed by atoms with Crippen molar-refractivity contribution in [1.82, 2.24) is 0 Å². The van der Waals surface area contributed by atoms with Crippen LogP contribution in [0.4, 0.5) is 0 Å². The number of rotatable bonds is 9. The van der Waals surface area contributed by atoms with Gasteiger partial charge in [-0.2, -0.15) is 0 Å². The summed E-state index contributed by atoms with van der Waals surface area (Å²) in [5.41, 5.74) is 0.905. The van der Waals surface area contributed by atoms with E-state index in [9.17, 15) is 0 Å². The third kappa shape index (κ3) is 5.44. The van der Waals surface area contributed by atoms with Crippen LogP contribution in [-0.2, 0) is 0 Å². The standard InChI is InChI=1S/C17H36/c1-8-9-10-11-12-13-14-16(4,5)17(6,7)15(2)3/h15H,8-14H2,1-7H3. The molecular formula is C17H36. The molecule has 0 fully saturated rings. The maximum Gasteiger partial charge on any atom is -0.0280 e. The van der Waals surface area contributed by atoms with Gasteiger partial charge in [0.1, 0.15) is 0 Å². The Morgan fingerprint density at radius 2 is 1.24 bits per heavy atom. The molecule has 0 amide bonds. The fourth-order valence-electron chi connectivity index (χ4n) is 2.45. The molecule has 0 aliphatic rings. The van der Waals surface area contributed by atoms with Crippen molar-refractivity contribution in [3.05, 3.63) is 0 Å². The fourth-order valence-corrected chi connectivity index (χ4v) is 2.45. The molecule has 0 aromatic heterocycles. The maximum atomic E-state index is 2.46. The van der Waals surface area contributed by atoms with Gasteiger partial charge in [-0.15, -0.1) is 0 Å². The third-order valence-electron chi connectivity index (χ3n) is 5.34. The Morgan fingerprint density at radius 1 is 0.765 bits per heavy atom. The Morgan fingerprint density at radius 3 is 1.71 bits per heavy atom. The molecule has 0 atom stereocenters. The first kappa shape index (κ1) is 17.0. The SMILES string of the molecule is CCCCCCCCC(C)(C)C(C)(C)C(C)C. The summed E-state index contributed by atoms with van der Waals surface area (Å²) in [4.78, 5) is 0. The second kappa shape index (κ2) is 7.44. The van der Waals surface area contributed by atoms with Crippen molar-refractivity contribution < 1.29 is 0 Å². The predicted octanol–water partition coefficient (Wildman–Crippen LogP) is 6.45. The zero-order valence-corrected chi connectivity index (χ0v) is 13.5. The molecule has 0 radical (unpaired) electrons. The summed E-state index contributed by atoms with van der Waals surface area (Å²) in [5, 5.41) is 0. The molecule has 0 aromatic rings. The molecule has 0 spiro atoms. The van der Waals surface area contributed by atoms with Crippen LogP contribution in [0, 0.1) is 16.7 Å². The van der Waals surface area contributed by atoms with Crippen LogP contribution < -0.4 is 0 Å². The van der Waals surface area contributed by atoms with Gasteiger partial charge >= 0.3 is 0 Å². The van der Waals surface area contributed by atoms with E-state index < -0.39 is 0 Å². The molecule has 0 heterocycles. The summed E-state index contributed by atoms with van der Waals surface area (Å²) in [6.07, 6.45) is 9.86. The van der Waals surface area contributed by atoms with Crippen LogP contribution in [0.5, 0.6) is 0 Å². The van der Waals surface area contributed by atoms with Crippen molar-refractivity contribution in [3.8, 4) is 0 Å². The van der Waals surface area contributed by atoms with E-state index in [1.807, 2.05) is 0 Å². The lowest BCUT2D eigenvalue weighted by atomic mass is 9.60. The molecule has 0 unspecified atom stereocenters. The minimum atomic E-state index is 0.441. The molecule has 104 valence electrons. The molecular weight excluding hydrogens is 204 g/mol. The molecule has 0 nitrogen and oxygen atoms in total. The topological polar surface area (TPSA) is 0 Å². The van der Waals surface area contributed by atoms with Crippen molar-refractivity contribution in [3.63, 3.8) is 0 Å². The van der Waals surface area contributed by atoms with E-state index >= 15 is 0 Å². The van der Waals surface area contributed by atoms with Crippen LogP contribution in [0.25, 0.3) is 0 Å². The fraction of sp³-hybridized carbons (Fsp3) is 1.00. The van der Waals surface area contributed by atoms with Crippen molar-refractivity contribution in [1.29, 1.82) is 0 Å². The Balaban J connectivity index is 3.93.